The average molecular weight is 528 g/mol. The SMILES string of the molecule is CC(c1cc(NC(=O)[C@@H](NC(=O)c2ccnn2C(C)C)C(C2CC2)C2CC2)on1)c1cc(Cl)n[nH]c1=O. The van der Waals surface area contributed by atoms with Crippen LogP contribution >= 0.6 is 11.6 Å². The summed E-state index contributed by atoms with van der Waals surface area (Å²) in [5.41, 5.74) is 0.854. The molecule has 37 heavy (non-hydrogen) atoms. The number of aromatic nitrogens is 5. The quantitative estimate of drug-likeness (QED) is 0.365. The molecule has 0 saturated heterocycles. The molecule has 12 heteroatoms. The fraction of sp³-hybridized carbons (Fsp3) is 0.520. The maximum Gasteiger partial charge on any atom is 0.270 e. The van der Waals surface area contributed by atoms with Crippen molar-refractivity contribution in [3.8, 4) is 0 Å². The van der Waals surface area contributed by atoms with Crippen molar-refractivity contribution >= 4 is 29.3 Å². The number of carbonyl (C=O) groups excluding carboxylic acids is 2. The Morgan fingerprint density at radius 2 is 1.86 bits per heavy atom. The first-order valence-electron chi connectivity index (χ1n) is 12.6. The maximum absolute atomic E-state index is 13.6. The van der Waals surface area contributed by atoms with Gasteiger partial charge in [0.15, 0.2) is 0 Å². The fourth-order valence-electron chi connectivity index (χ4n) is 4.98. The number of anilines is 1. The van der Waals surface area contributed by atoms with Crippen molar-refractivity contribution in [2.24, 2.45) is 17.8 Å². The number of amides is 2. The predicted molar refractivity (Wildman–Crippen MR) is 135 cm³/mol. The minimum absolute atomic E-state index is 0.00260. The number of rotatable bonds is 10. The molecule has 2 aliphatic rings. The molecule has 0 aliphatic heterocycles. The molecule has 2 fully saturated rings. The zero-order valence-electron chi connectivity index (χ0n) is 20.9. The number of hydrogen-bond acceptors (Lipinski definition) is 7. The zero-order valence-corrected chi connectivity index (χ0v) is 21.7. The Morgan fingerprint density at radius 3 is 2.51 bits per heavy atom. The highest BCUT2D eigenvalue weighted by atomic mass is 35.5. The molecule has 3 aromatic rings. The van der Waals surface area contributed by atoms with Gasteiger partial charge >= 0.3 is 0 Å². The Kier molecular flexibility index (Phi) is 6.89. The number of H-pyrrole nitrogens is 1. The Bertz CT molecular complexity index is 1340. The second-order valence-corrected chi connectivity index (χ2v) is 10.6. The van der Waals surface area contributed by atoms with Gasteiger partial charge in [-0.05, 0) is 69.4 Å². The van der Waals surface area contributed by atoms with E-state index < -0.39 is 12.0 Å². The molecular weight excluding hydrogens is 498 g/mol. The van der Waals surface area contributed by atoms with E-state index in [1.807, 2.05) is 13.8 Å². The Balaban J connectivity index is 1.36. The highest BCUT2D eigenvalue weighted by molar-refractivity contribution is 6.29. The highest BCUT2D eigenvalue weighted by Crippen LogP contribution is 2.51. The molecule has 2 amide bonds. The van der Waals surface area contributed by atoms with Crippen molar-refractivity contribution in [1.82, 2.24) is 30.5 Å². The normalized spacial score (nSPS) is 17.1. The third-order valence-corrected chi connectivity index (χ3v) is 7.36. The van der Waals surface area contributed by atoms with Gasteiger partial charge in [0.05, 0.1) is 5.69 Å². The Morgan fingerprint density at radius 1 is 1.16 bits per heavy atom. The summed E-state index contributed by atoms with van der Waals surface area (Å²) in [7, 11) is 0. The van der Waals surface area contributed by atoms with E-state index in [-0.39, 0.29) is 40.4 Å². The summed E-state index contributed by atoms with van der Waals surface area (Å²) in [6.07, 6.45) is 5.80. The molecule has 5 rings (SSSR count). The van der Waals surface area contributed by atoms with E-state index in [9.17, 15) is 14.4 Å². The van der Waals surface area contributed by atoms with Gasteiger partial charge in [0.2, 0.25) is 11.8 Å². The second kappa shape index (κ2) is 10.1. The van der Waals surface area contributed by atoms with E-state index in [2.05, 4.69) is 31.1 Å². The fourth-order valence-corrected chi connectivity index (χ4v) is 5.14. The maximum atomic E-state index is 13.6. The van der Waals surface area contributed by atoms with Crippen LogP contribution in [-0.2, 0) is 4.79 Å². The van der Waals surface area contributed by atoms with Crippen LogP contribution < -0.4 is 16.2 Å². The van der Waals surface area contributed by atoms with E-state index in [0.717, 1.165) is 25.7 Å². The summed E-state index contributed by atoms with van der Waals surface area (Å²) in [6, 6.07) is 3.98. The number of nitrogens with zero attached hydrogens (tertiary/aromatic N) is 4. The van der Waals surface area contributed by atoms with Crippen molar-refractivity contribution < 1.29 is 14.1 Å². The van der Waals surface area contributed by atoms with Gasteiger partial charge in [-0.2, -0.15) is 10.2 Å². The van der Waals surface area contributed by atoms with Crippen molar-refractivity contribution in [2.75, 3.05) is 5.32 Å². The van der Waals surface area contributed by atoms with E-state index in [4.69, 9.17) is 16.1 Å². The first-order chi connectivity index (χ1) is 17.7. The minimum atomic E-state index is -0.726. The number of nitrogens with one attached hydrogen (secondary N) is 3. The first kappa shape index (κ1) is 25.2. The van der Waals surface area contributed by atoms with Crippen molar-refractivity contribution in [3.63, 3.8) is 0 Å². The first-order valence-corrected chi connectivity index (χ1v) is 13.0. The molecule has 3 aromatic heterocycles. The summed E-state index contributed by atoms with van der Waals surface area (Å²) in [5.74, 6) is -0.125. The third kappa shape index (κ3) is 5.46. The molecule has 0 aromatic carbocycles. The van der Waals surface area contributed by atoms with E-state index in [0.29, 0.717) is 28.8 Å². The molecule has 11 nitrogen and oxygen atoms in total. The van der Waals surface area contributed by atoms with Gasteiger partial charge in [-0.15, -0.1) is 0 Å². The summed E-state index contributed by atoms with van der Waals surface area (Å²) in [4.78, 5) is 39.0. The van der Waals surface area contributed by atoms with Gasteiger partial charge < -0.3 is 9.84 Å². The van der Waals surface area contributed by atoms with Crippen LogP contribution in [0.5, 0.6) is 0 Å². The van der Waals surface area contributed by atoms with E-state index in [1.54, 1.807) is 29.9 Å². The molecule has 1 unspecified atom stereocenters. The summed E-state index contributed by atoms with van der Waals surface area (Å²) >= 11 is 5.93. The van der Waals surface area contributed by atoms with Gasteiger partial charge in [0.1, 0.15) is 16.9 Å². The Hall–Kier alpha value is -3.47. The summed E-state index contributed by atoms with van der Waals surface area (Å²) in [6.45, 7) is 5.67. The molecule has 2 atom stereocenters. The van der Waals surface area contributed by atoms with Crippen molar-refractivity contribution in [2.45, 2.75) is 64.5 Å². The largest absolute Gasteiger partial charge is 0.339 e. The molecular formula is C25H30ClN7O4. The van der Waals surface area contributed by atoms with Gasteiger partial charge in [-0.25, -0.2) is 5.10 Å². The van der Waals surface area contributed by atoms with Gasteiger partial charge in [0.25, 0.3) is 11.5 Å². The van der Waals surface area contributed by atoms with Gasteiger partial charge in [-0.3, -0.25) is 24.4 Å². The lowest BCUT2D eigenvalue weighted by molar-refractivity contribution is -0.119. The lowest BCUT2D eigenvalue weighted by atomic mass is 9.88. The molecule has 0 bridgehead atoms. The number of hydrogen-bond donors (Lipinski definition) is 3. The van der Waals surface area contributed by atoms with Crippen LogP contribution in [-0.4, -0.2) is 43.0 Å². The zero-order chi connectivity index (χ0) is 26.3. The third-order valence-electron chi connectivity index (χ3n) is 7.16. The molecule has 2 saturated carbocycles. The molecule has 3 N–H and O–H groups in total. The van der Waals surface area contributed by atoms with E-state index in [1.165, 1.54) is 6.07 Å². The molecule has 3 heterocycles. The average Bonchev–Trinajstić information content (AvgIpc) is 3.78. The topological polar surface area (TPSA) is 148 Å². The van der Waals surface area contributed by atoms with Crippen LogP contribution in [0.25, 0.3) is 0 Å². The Labute approximate surface area is 218 Å². The number of carbonyl (C=O) groups is 2. The van der Waals surface area contributed by atoms with Crippen LogP contribution in [0.15, 0.2) is 33.7 Å². The standard InChI is InChI=1S/C25H30ClN7O4/c1-12(2)33-18(8-9-27-33)24(35)29-22(21(14-4-5-14)15-6-7-15)25(36)28-20-11-17(32-37-20)13(3)16-10-19(26)30-31-23(16)34/h8-15,21-22H,4-7H2,1-3H3,(H,28,36)(H,29,35)(H,31,34)/t13?,22-/m0/s1. The lowest BCUT2D eigenvalue weighted by Gasteiger charge is -2.27. The smallest absolute Gasteiger partial charge is 0.270 e. The van der Waals surface area contributed by atoms with Crippen LogP contribution in [0.2, 0.25) is 5.15 Å². The van der Waals surface area contributed by atoms with Crippen LogP contribution in [0.3, 0.4) is 0 Å². The molecule has 2 aliphatic carbocycles. The second-order valence-electron chi connectivity index (χ2n) is 10.3. The van der Waals surface area contributed by atoms with Crippen molar-refractivity contribution in [3.05, 3.63) is 56.9 Å². The number of halogens is 1. The molecule has 196 valence electrons. The van der Waals surface area contributed by atoms with Crippen LogP contribution in [0.4, 0.5) is 5.88 Å². The summed E-state index contributed by atoms with van der Waals surface area (Å²) in [5, 5.41) is 20.3. The summed E-state index contributed by atoms with van der Waals surface area (Å²) < 4.78 is 7.03. The molecule has 0 spiro atoms. The number of aromatic amines is 1. The predicted octanol–water partition coefficient (Wildman–Crippen LogP) is 3.51. The van der Waals surface area contributed by atoms with Crippen LogP contribution in [0.1, 0.15) is 80.2 Å². The van der Waals surface area contributed by atoms with Crippen LogP contribution in [0, 0.1) is 17.8 Å². The van der Waals surface area contributed by atoms with Gasteiger partial charge in [-0.1, -0.05) is 23.7 Å². The lowest BCUT2D eigenvalue weighted by Crippen LogP contribution is -2.50. The minimum Gasteiger partial charge on any atom is -0.339 e. The van der Waals surface area contributed by atoms with Crippen molar-refractivity contribution in [1.29, 1.82) is 0 Å². The van der Waals surface area contributed by atoms with E-state index >= 15 is 0 Å². The highest BCUT2D eigenvalue weighted by Gasteiger charge is 2.48. The molecule has 0 radical (unpaired) electrons. The monoisotopic (exact) mass is 527 g/mol. The van der Waals surface area contributed by atoms with Gasteiger partial charge in [0, 0.05) is 29.8 Å².